The van der Waals surface area contributed by atoms with Gasteiger partial charge in [-0.25, -0.2) is 9.48 Å². The van der Waals surface area contributed by atoms with E-state index in [1.165, 1.54) is 36.1 Å². The van der Waals surface area contributed by atoms with E-state index in [0.29, 0.717) is 16.4 Å². The molecule has 154 valence electrons. The topological polar surface area (TPSA) is 121 Å². The molecule has 1 heterocycles. The van der Waals surface area contributed by atoms with Crippen LogP contribution in [-0.2, 0) is 4.74 Å². The minimum absolute atomic E-state index is 0.0686. The normalized spacial score (nSPS) is 10.9. The Kier molecular flexibility index (Phi) is 6.38. The third-order valence-corrected chi connectivity index (χ3v) is 4.10. The van der Waals surface area contributed by atoms with Crippen LogP contribution in [0.4, 0.5) is 17.2 Å². The number of hydrogen-bond acceptors (Lipinski definition) is 8. The number of carbonyl (C=O) groups excluding carboxylic acids is 1. The molecule has 0 saturated carbocycles. The second kappa shape index (κ2) is 9.14. The zero-order valence-corrected chi connectivity index (χ0v) is 16.7. The Morgan fingerprint density at radius 1 is 1.23 bits per heavy atom. The average molecular weight is 430 g/mol. The minimum atomic E-state index is -0.679. The largest absolute Gasteiger partial charge is 0.490 e. The summed E-state index contributed by atoms with van der Waals surface area (Å²) in [6.45, 7) is 1.83. The fraction of sp³-hybridized carbons (Fsp3) is 0.158. The number of halogens is 1. The maximum Gasteiger partial charge on any atom is 0.362 e. The molecule has 3 rings (SSSR count). The quantitative estimate of drug-likeness (QED) is 0.224. The van der Waals surface area contributed by atoms with E-state index in [2.05, 4.69) is 15.3 Å². The van der Waals surface area contributed by atoms with Crippen LogP contribution < -0.4 is 4.74 Å². The van der Waals surface area contributed by atoms with E-state index in [1.807, 2.05) is 0 Å². The molecular formula is C19H16ClN5O5. The molecular weight excluding hydrogens is 414 g/mol. The van der Waals surface area contributed by atoms with Gasteiger partial charge in [0.2, 0.25) is 17.3 Å². The molecule has 0 radical (unpaired) electrons. The number of ether oxygens (including phenoxy) is 2. The Morgan fingerprint density at radius 2 is 1.97 bits per heavy atom. The van der Waals surface area contributed by atoms with Gasteiger partial charge in [-0.15, -0.1) is 10.2 Å². The van der Waals surface area contributed by atoms with Crippen molar-refractivity contribution in [1.29, 1.82) is 0 Å². The summed E-state index contributed by atoms with van der Waals surface area (Å²) in [5.41, 5.74) is 0.741. The van der Waals surface area contributed by atoms with Gasteiger partial charge in [0.15, 0.2) is 0 Å². The smallest absolute Gasteiger partial charge is 0.362 e. The summed E-state index contributed by atoms with van der Waals surface area (Å²) in [5.74, 6) is -0.484. The second-order valence-electron chi connectivity index (χ2n) is 5.79. The molecule has 10 nitrogen and oxygen atoms in total. The lowest BCUT2D eigenvalue weighted by molar-refractivity contribution is -0.384. The van der Waals surface area contributed by atoms with Crippen molar-refractivity contribution < 1.29 is 19.2 Å². The van der Waals surface area contributed by atoms with Crippen LogP contribution in [0, 0.1) is 10.1 Å². The molecule has 0 atom stereocenters. The van der Waals surface area contributed by atoms with E-state index >= 15 is 0 Å². The number of esters is 1. The number of hydrogen-bond donors (Lipinski definition) is 0. The number of nitrogens with zero attached hydrogens (tertiary/aromatic N) is 5. The van der Waals surface area contributed by atoms with Crippen LogP contribution in [-0.4, -0.2) is 34.4 Å². The molecule has 30 heavy (non-hydrogen) atoms. The maximum absolute atomic E-state index is 12.3. The van der Waals surface area contributed by atoms with Gasteiger partial charge in [-0.1, -0.05) is 17.7 Å². The Hall–Kier alpha value is -3.79. The number of aromatic nitrogens is 2. The van der Waals surface area contributed by atoms with E-state index in [9.17, 15) is 14.9 Å². The van der Waals surface area contributed by atoms with Gasteiger partial charge < -0.3 is 9.47 Å². The van der Waals surface area contributed by atoms with Gasteiger partial charge in [-0.3, -0.25) is 10.1 Å². The first-order chi connectivity index (χ1) is 14.4. The molecule has 0 aliphatic heterocycles. The van der Waals surface area contributed by atoms with Gasteiger partial charge in [0.1, 0.15) is 0 Å². The molecule has 0 bridgehead atoms. The van der Waals surface area contributed by atoms with Crippen molar-refractivity contribution in [3.63, 3.8) is 0 Å². The van der Waals surface area contributed by atoms with E-state index in [4.69, 9.17) is 21.1 Å². The Morgan fingerprint density at radius 3 is 2.57 bits per heavy atom. The zero-order chi connectivity index (χ0) is 21.7. The van der Waals surface area contributed by atoms with E-state index in [0.717, 1.165) is 0 Å². The molecule has 0 fully saturated rings. The molecule has 2 aromatic carbocycles. The summed E-state index contributed by atoms with van der Waals surface area (Å²) in [4.78, 5) is 22.6. The standard InChI is InChI=1S/C19H16ClN5O5/c1-3-30-19(26)16-17(29-2)18(24(23-16)15-6-4-5-12(20)11-15)22-21-13-7-9-14(10-8-13)25(27)28/h4-11H,3H2,1-2H3. The first-order valence-corrected chi connectivity index (χ1v) is 9.08. The Labute approximate surface area is 175 Å². The van der Waals surface area contributed by atoms with Crippen molar-refractivity contribution in [3.8, 4) is 11.4 Å². The summed E-state index contributed by atoms with van der Waals surface area (Å²) in [7, 11) is 1.37. The van der Waals surface area contributed by atoms with Gasteiger partial charge in [-0.05, 0) is 37.3 Å². The number of non-ortho nitro benzene ring substituents is 1. The highest BCUT2D eigenvalue weighted by molar-refractivity contribution is 6.30. The highest BCUT2D eigenvalue weighted by Gasteiger charge is 2.26. The van der Waals surface area contributed by atoms with E-state index in [1.54, 1.807) is 31.2 Å². The van der Waals surface area contributed by atoms with Gasteiger partial charge in [-0.2, -0.15) is 5.10 Å². The SMILES string of the molecule is CCOC(=O)c1nn(-c2cccc(Cl)c2)c(N=Nc2ccc([N+](=O)[O-])cc2)c1OC. The van der Waals surface area contributed by atoms with Crippen molar-refractivity contribution in [1.82, 2.24) is 9.78 Å². The number of azo groups is 1. The first-order valence-electron chi connectivity index (χ1n) is 8.70. The molecule has 0 amide bonds. The minimum Gasteiger partial charge on any atom is -0.490 e. The van der Waals surface area contributed by atoms with E-state index < -0.39 is 10.9 Å². The van der Waals surface area contributed by atoms with Crippen molar-refractivity contribution in [2.75, 3.05) is 13.7 Å². The third-order valence-electron chi connectivity index (χ3n) is 3.87. The predicted octanol–water partition coefficient (Wildman–Crippen LogP) is 5.03. The first kappa shape index (κ1) is 20.9. The van der Waals surface area contributed by atoms with Crippen LogP contribution in [0.3, 0.4) is 0 Å². The molecule has 0 saturated heterocycles. The molecule has 3 aromatic rings. The third kappa shape index (κ3) is 4.44. The molecule has 0 aliphatic carbocycles. The van der Waals surface area contributed by atoms with Crippen LogP contribution in [0.25, 0.3) is 5.69 Å². The summed E-state index contributed by atoms with van der Waals surface area (Å²) in [6, 6.07) is 12.3. The monoisotopic (exact) mass is 429 g/mol. The van der Waals surface area contributed by atoms with Gasteiger partial charge >= 0.3 is 5.97 Å². The van der Waals surface area contributed by atoms with Crippen LogP contribution in [0.1, 0.15) is 17.4 Å². The van der Waals surface area contributed by atoms with Gasteiger partial charge in [0.05, 0.1) is 30.0 Å². The fourth-order valence-corrected chi connectivity index (χ4v) is 2.72. The van der Waals surface area contributed by atoms with Crippen molar-refractivity contribution in [3.05, 3.63) is 69.4 Å². The van der Waals surface area contributed by atoms with Gasteiger partial charge in [0, 0.05) is 17.2 Å². The number of methoxy groups -OCH3 is 1. The highest BCUT2D eigenvalue weighted by atomic mass is 35.5. The summed E-state index contributed by atoms with van der Waals surface area (Å²) in [5, 5.41) is 23.8. The highest BCUT2D eigenvalue weighted by Crippen LogP contribution is 2.36. The number of carbonyl (C=O) groups is 1. The second-order valence-corrected chi connectivity index (χ2v) is 6.23. The average Bonchev–Trinajstić information content (AvgIpc) is 3.11. The molecule has 0 unspecified atom stereocenters. The number of benzene rings is 2. The summed E-state index contributed by atoms with van der Waals surface area (Å²) in [6.07, 6.45) is 0. The molecule has 1 aromatic heterocycles. The fourth-order valence-electron chi connectivity index (χ4n) is 2.54. The molecule has 0 N–H and O–H groups in total. The van der Waals surface area contributed by atoms with Crippen LogP contribution in [0.2, 0.25) is 5.02 Å². The lowest BCUT2D eigenvalue weighted by Crippen LogP contribution is -2.07. The molecule has 0 spiro atoms. The van der Waals surface area contributed by atoms with E-state index in [-0.39, 0.29) is 29.6 Å². The van der Waals surface area contributed by atoms with Gasteiger partial charge in [0.25, 0.3) is 5.69 Å². The molecule has 0 aliphatic rings. The van der Waals surface area contributed by atoms with Crippen LogP contribution in [0.15, 0.2) is 58.8 Å². The number of nitro groups is 1. The molecule has 11 heteroatoms. The number of nitro benzene ring substituents is 1. The van der Waals surface area contributed by atoms with Crippen molar-refractivity contribution in [2.24, 2.45) is 10.2 Å². The zero-order valence-electron chi connectivity index (χ0n) is 16.0. The Bertz CT molecular complexity index is 1110. The van der Waals surface area contributed by atoms with Crippen LogP contribution in [0.5, 0.6) is 5.75 Å². The van der Waals surface area contributed by atoms with Crippen molar-refractivity contribution in [2.45, 2.75) is 6.92 Å². The maximum atomic E-state index is 12.3. The lowest BCUT2D eigenvalue weighted by Gasteiger charge is -2.04. The lowest BCUT2D eigenvalue weighted by atomic mass is 10.3. The van der Waals surface area contributed by atoms with Crippen LogP contribution >= 0.6 is 11.6 Å². The predicted molar refractivity (Wildman–Crippen MR) is 108 cm³/mol. The summed E-state index contributed by atoms with van der Waals surface area (Å²) >= 11 is 6.08. The Balaban J connectivity index is 2.10. The number of rotatable bonds is 7. The van der Waals surface area contributed by atoms with Crippen molar-refractivity contribution >= 4 is 34.8 Å². The summed E-state index contributed by atoms with van der Waals surface area (Å²) < 4.78 is 11.7.